The van der Waals surface area contributed by atoms with Crippen molar-refractivity contribution in [3.63, 3.8) is 0 Å². The molecule has 2 aromatic rings. The normalized spacial score (nSPS) is 11.7. The first kappa shape index (κ1) is 14.4. The summed E-state index contributed by atoms with van der Waals surface area (Å²) in [5.41, 5.74) is -0.745. The van der Waals surface area contributed by atoms with E-state index in [1.54, 1.807) is 6.92 Å². The van der Waals surface area contributed by atoms with Crippen LogP contribution in [0.2, 0.25) is 5.02 Å². The van der Waals surface area contributed by atoms with E-state index in [9.17, 15) is 18.0 Å². The lowest BCUT2D eigenvalue weighted by Crippen LogP contribution is -2.11. The van der Waals surface area contributed by atoms with Crippen LogP contribution in [0.3, 0.4) is 0 Å². The van der Waals surface area contributed by atoms with Crippen molar-refractivity contribution in [2.45, 2.75) is 13.1 Å². The molecule has 0 atom stereocenters. The fourth-order valence-electron chi connectivity index (χ4n) is 1.56. The fraction of sp³-hybridized carbons (Fsp3) is 0.167. The molecular weight excluding hydrogens is 299 g/mol. The van der Waals surface area contributed by atoms with Gasteiger partial charge in [0, 0.05) is 10.6 Å². The molecule has 106 valence electrons. The molecule has 0 aliphatic carbocycles. The molecule has 0 saturated carbocycles. The number of aromatic nitrogens is 1. The van der Waals surface area contributed by atoms with Crippen LogP contribution in [0.5, 0.6) is 0 Å². The zero-order valence-electron chi connectivity index (χ0n) is 9.95. The summed E-state index contributed by atoms with van der Waals surface area (Å²) in [4.78, 5) is 14.0. The number of carboxylic acids is 1. The SMILES string of the molecule is Cc1cc(-c2nc(C(F)(F)F)c(C(=O)O)o2)ccc1Cl. The maximum absolute atomic E-state index is 12.7. The van der Waals surface area contributed by atoms with Crippen molar-refractivity contribution in [3.05, 3.63) is 40.2 Å². The number of hydrogen-bond donors (Lipinski definition) is 1. The smallest absolute Gasteiger partial charge is 0.437 e. The van der Waals surface area contributed by atoms with Crippen molar-refractivity contribution < 1.29 is 27.5 Å². The van der Waals surface area contributed by atoms with Gasteiger partial charge in [0.1, 0.15) is 0 Å². The highest BCUT2D eigenvalue weighted by molar-refractivity contribution is 6.31. The molecule has 20 heavy (non-hydrogen) atoms. The van der Waals surface area contributed by atoms with Gasteiger partial charge in [-0.2, -0.15) is 13.2 Å². The van der Waals surface area contributed by atoms with Crippen LogP contribution in [0.1, 0.15) is 21.8 Å². The fourth-order valence-corrected chi connectivity index (χ4v) is 1.68. The Morgan fingerprint density at radius 1 is 1.40 bits per heavy atom. The second-order valence-corrected chi connectivity index (χ2v) is 4.37. The maximum Gasteiger partial charge on any atom is 0.437 e. The van der Waals surface area contributed by atoms with E-state index in [1.807, 2.05) is 0 Å². The van der Waals surface area contributed by atoms with Gasteiger partial charge in [-0.1, -0.05) is 11.6 Å². The molecule has 0 amide bonds. The van der Waals surface area contributed by atoms with Gasteiger partial charge in [-0.25, -0.2) is 9.78 Å². The van der Waals surface area contributed by atoms with E-state index in [1.165, 1.54) is 18.2 Å². The number of benzene rings is 1. The van der Waals surface area contributed by atoms with Crippen molar-refractivity contribution in [2.24, 2.45) is 0 Å². The number of alkyl halides is 3. The molecular formula is C12H7ClF3NO3. The van der Waals surface area contributed by atoms with Crippen LogP contribution >= 0.6 is 11.6 Å². The average Bonchev–Trinajstić information content (AvgIpc) is 2.77. The summed E-state index contributed by atoms with van der Waals surface area (Å²) >= 11 is 5.80. The zero-order chi connectivity index (χ0) is 15.1. The summed E-state index contributed by atoms with van der Waals surface area (Å²) in [5, 5.41) is 9.16. The molecule has 2 rings (SSSR count). The second kappa shape index (κ2) is 4.82. The molecule has 0 unspecified atom stereocenters. The minimum Gasteiger partial charge on any atom is -0.475 e. The Hall–Kier alpha value is -2.02. The second-order valence-electron chi connectivity index (χ2n) is 3.96. The topological polar surface area (TPSA) is 63.3 Å². The molecule has 8 heteroatoms. The summed E-state index contributed by atoms with van der Waals surface area (Å²) < 4.78 is 42.7. The monoisotopic (exact) mass is 305 g/mol. The van der Waals surface area contributed by atoms with Gasteiger partial charge in [0.25, 0.3) is 0 Å². The Bertz CT molecular complexity index is 679. The standard InChI is InChI=1S/C12H7ClF3NO3/c1-5-4-6(2-3-7(5)13)10-17-9(12(14,15)16)8(20-10)11(18)19/h2-4H,1H3,(H,18,19). The van der Waals surface area contributed by atoms with Gasteiger partial charge in [0.2, 0.25) is 11.7 Å². The highest BCUT2D eigenvalue weighted by Gasteiger charge is 2.41. The van der Waals surface area contributed by atoms with E-state index in [4.69, 9.17) is 21.1 Å². The van der Waals surface area contributed by atoms with Crippen molar-refractivity contribution in [1.29, 1.82) is 0 Å². The van der Waals surface area contributed by atoms with Gasteiger partial charge >= 0.3 is 12.1 Å². The number of nitrogens with zero attached hydrogens (tertiary/aromatic N) is 1. The third-order valence-electron chi connectivity index (χ3n) is 2.49. The highest BCUT2D eigenvalue weighted by Crippen LogP contribution is 2.35. The molecule has 0 aliphatic heterocycles. The van der Waals surface area contributed by atoms with Gasteiger partial charge in [-0.3, -0.25) is 0 Å². The Balaban J connectivity index is 2.58. The molecule has 1 heterocycles. The molecule has 0 saturated heterocycles. The van der Waals surface area contributed by atoms with Crippen LogP contribution in [-0.4, -0.2) is 16.1 Å². The van der Waals surface area contributed by atoms with E-state index in [-0.39, 0.29) is 5.56 Å². The minimum atomic E-state index is -4.91. The molecule has 1 N–H and O–H groups in total. The average molecular weight is 306 g/mol. The number of carboxylic acid groups (broad SMARTS) is 1. The van der Waals surface area contributed by atoms with Crippen LogP contribution in [0, 0.1) is 6.92 Å². The Kier molecular flexibility index (Phi) is 3.47. The van der Waals surface area contributed by atoms with Gasteiger partial charge < -0.3 is 9.52 Å². The lowest BCUT2D eigenvalue weighted by Gasteiger charge is -2.01. The zero-order valence-corrected chi connectivity index (χ0v) is 10.7. The first-order valence-electron chi connectivity index (χ1n) is 5.28. The summed E-state index contributed by atoms with van der Waals surface area (Å²) in [6, 6.07) is 4.32. The summed E-state index contributed by atoms with van der Waals surface area (Å²) in [7, 11) is 0. The quantitative estimate of drug-likeness (QED) is 0.910. The number of aromatic carboxylic acids is 1. The predicted octanol–water partition coefficient (Wildman–Crippen LogP) is 4.02. The third-order valence-corrected chi connectivity index (χ3v) is 2.92. The lowest BCUT2D eigenvalue weighted by atomic mass is 10.1. The number of hydrogen-bond acceptors (Lipinski definition) is 3. The van der Waals surface area contributed by atoms with E-state index in [0.717, 1.165) is 0 Å². The molecule has 0 spiro atoms. The van der Waals surface area contributed by atoms with Crippen LogP contribution in [0.25, 0.3) is 11.5 Å². The van der Waals surface area contributed by atoms with E-state index in [2.05, 4.69) is 4.98 Å². The summed E-state index contributed by atoms with van der Waals surface area (Å²) in [6.07, 6.45) is -4.91. The summed E-state index contributed by atoms with van der Waals surface area (Å²) in [5.74, 6) is -3.49. The van der Waals surface area contributed by atoms with Crippen LogP contribution < -0.4 is 0 Å². The number of carbonyl (C=O) groups is 1. The maximum atomic E-state index is 12.7. The Labute approximate surface area is 115 Å². The molecule has 4 nitrogen and oxygen atoms in total. The Morgan fingerprint density at radius 2 is 2.05 bits per heavy atom. The van der Waals surface area contributed by atoms with Crippen molar-refractivity contribution >= 4 is 17.6 Å². The molecule has 0 radical (unpaired) electrons. The van der Waals surface area contributed by atoms with Gasteiger partial charge in [-0.05, 0) is 30.7 Å². The lowest BCUT2D eigenvalue weighted by molar-refractivity contribution is -0.141. The van der Waals surface area contributed by atoms with E-state index in [0.29, 0.717) is 10.6 Å². The van der Waals surface area contributed by atoms with Gasteiger partial charge in [-0.15, -0.1) is 0 Å². The first-order chi connectivity index (χ1) is 9.20. The van der Waals surface area contributed by atoms with Gasteiger partial charge in [0.05, 0.1) is 0 Å². The number of halogens is 4. The van der Waals surface area contributed by atoms with Crippen LogP contribution in [-0.2, 0) is 6.18 Å². The highest BCUT2D eigenvalue weighted by atomic mass is 35.5. The molecule has 0 aliphatic rings. The molecule has 1 aromatic heterocycles. The molecule has 1 aromatic carbocycles. The van der Waals surface area contributed by atoms with Crippen LogP contribution in [0.4, 0.5) is 13.2 Å². The number of oxazole rings is 1. The van der Waals surface area contributed by atoms with Crippen molar-refractivity contribution in [1.82, 2.24) is 4.98 Å². The molecule has 0 bridgehead atoms. The van der Waals surface area contributed by atoms with Crippen molar-refractivity contribution in [3.8, 4) is 11.5 Å². The number of aryl methyl sites for hydroxylation is 1. The predicted molar refractivity (Wildman–Crippen MR) is 63.6 cm³/mol. The number of rotatable bonds is 2. The largest absolute Gasteiger partial charge is 0.475 e. The van der Waals surface area contributed by atoms with Gasteiger partial charge in [0.15, 0.2) is 5.69 Å². The van der Waals surface area contributed by atoms with E-state index < -0.39 is 29.5 Å². The first-order valence-corrected chi connectivity index (χ1v) is 5.66. The van der Waals surface area contributed by atoms with E-state index >= 15 is 0 Å². The summed E-state index contributed by atoms with van der Waals surface area (Å²) in [6.45, 7) is 1.65. The van der Waals surface area contributed by atoms with Crippen LogP contribution in [0.15, 0.2) is 22.6 Å². The molecule has 0 fully saturated rings. The third kappa shape index (κ3) is 2.62. The minimum absolute atomic E-state index is 0.213. The van der Waals surface area contributed by atoms with Crippen molar-refractivity contribution in [2.75, 3.05) is 0 Å². The Morgan fingerprint density at radius 3 is 2.50 bits per heavy atom.